The standard InChI is InChI=1S/C15H16N4O2.2ClH/c16-14(17)10-1-5-12(6-2-10)20-9-21-13-7-3-11(4-8-13)15(18)19;;/h1-8H,9H2,(H3,16,17)(H3,18,19);2*1H. The van der Waals surface area contributed by atoms with Crippen LogP contribution in [0.15, 0.2) is 48.5 Å². The number of nitrogens with two attached hydrogens (primary N) is 2. The number of hydrogen-bond donors (Lipinski definition) is 4. The first-order valence-corrected chi connectivity index (χ1v) is 6.21. The van der Waals surface area contributed by atoms with Gasteiger partial charge in [-0.2, -0.15) is 0 Å². The molecular weight excluding hydrogens is 339 g/mol. The summed E-state index contributed by atoms with van der Waals surface area (Å²) in [5.74, 6) is 1.28. The molecule has 8 heteroatoms. The second-order valence-electron chi connectivity index (χ2n) is 4.28. The molecule has 2 aromatic carbocycles. The van der Waals surface area contributed by atoms with E-state index in [1.807, 2.05) is 0 Å². The molecule has 0 saturated heterocycles. The minimum absolute atomic E-state index is 0. The van der Waals surface area contributed by atoms with Gasteiger partial charge in [0.25, 0.3) is 0 Å². The molecule has 0 atom stereocenters. The van der Waals surface area contributed by atoms with Crippen LogP contribution in [0.25, 0.3) is 0 Å². The molecule has 6 N–H and O–H groups in total. The lowest BCUT2D eigenvalue weighted by molar-refractivity contribution is 0.120. The predicted molar refractivity (Wildman–Crippen MR) is 95.5 cm³/mol. The lowest BCUT2D eigenvalue weighted by Crippen LogP contribution is -2.11. The van der Waals surface area contributed by atoms with Crippen LogP contribution < -0.4 is 20.9 Å². The fourth-order valence-corrected chi connectivity index (χ4v) is 1.63. The van der Waals surface area contributed by atoms with Gasteiger partial charge in [-0.25, -0.2) is 0 Å². The highest BCUT2D eigenvalue weighted by atomic mass is 35.5. The largest absolute Gasteiger partial charge is 0.458 e. The normalized spacial score (nSPS) is 9.04. The van der Waals surface area contributed by atoms with Crippen molar-refractivity contribution < 1.29 is 9.47 Å². The van der Waals surface area contributed by atoms with Crippen LogP contribution in [0.5, 0.6) is 11.5 Å². The molecule has 0 fully saturated rings. The van der Waals surface area contributed by atoms with Crippen molar-refractivity contribution in [1.29, 1.82) is 10.8 Å². The summed E-state index contributed by atoms with van der Waals surface area (Å²) in [5.41, 5.74) is 12.0. The van der Waals surface area contributed by atoms with E-state index in [0.717, 1.165) is 0 Å². The van der Waals surface area contributed by atoms with Gasteiger partial charge < -0.3 is 20.9 Å². The van der Waals surface area contributed by atoms with E-state index in [1.54, 1.807) is 48.5 Å². The molecule has 6 nitrogen and oxygen atoms in total. The fraction of sp³-hybridized carbons (Fsp3) is 0.0667. The van der Waals surface area contributed by atoms with Gasteiger partial charge in [-0.1, -0.05) is 0 Å². The average Bonchev–Trinajstić information content (AvgIpc) is 2.48. The Morgan fingerprint density at radius 3 is 1.26 bits per heavy atom. The third-order valence-corrected chi connectivity index (χ3v) is 2.78. The number of halogens is 2. The van der Waals surface area contributed by atoms with Crippen LogP contribution in [0, 0.1) is 10.8 Å². The van der Waals surface area contributed by atoms with Crippen LogP contribution in [0.3, 0.4) is 0 Å². The number of rotatable bonds is 6. The molecule has 124 valence electrons. The number of nitrogen functional groups attached to an aromatic ring is 2. The summed E-state index contributed by atoms with van der Waals surface area (Å²) >= 11 is 0. The van der Waals surface area contributed by atoms with Gasteiger partial charge in [0.15, 0.2) is 0 Å². The van der Waals surface area contributed by atoms with Crippen molar-refractivity contribution in [2.45, 2.75) is 0 Å². The minimum atomic E-state index is 0. The Kier molecular flexibility index (Phi) is 8.54. The van der Waals surface area contributed by atoms with Crippen molar-refractivity contribution in [3.63, 3.8) is 0 Å². The third-order valence-electron chi connectivity index (χ3n) is 2.78. The molecule has 0 bridgehead atoms. The van der Waals surface area contributed by atoms with E-state index in [9.17, 15) is 0 Å². The van der Waals surface area contributed by atoms with Crippen molar-refractivity contribution in [2.75, 3.05) is 6.79 Å². The highest BCUT2D eigenvalue weighted by Crippen LogP contribution is 2.14. The minimum Gasteiger partial charge on any atom is -0.458 e. The molecule has 2 aromatic rings. The van der Waals surface area contributed by atoms with E-state index in [1.165, 1.54) is 0 Å². The van der Waals surface area contributed by atoms with E-state index < -0.39 is 0 Å². The molecule has 2 rings (SSSR count). The maximum Gasteiger partial charge on any atom is 0.230 e. The van der Waals surface area contributed by atoms with Gasteiger partial charge in [-0.3, -0.25) is 10.8 Å². The van der Waals surface area contributed by atoms with Crippen LogP contribution in [-0.2, 0) is 0 Å². The lowest BCUT2D eigenvalue weighted by atomic mass is 10.2. The molecule has 0 amide bonds. The van der Waals surface area contributed by atoms with Crippen molar-refractivity contribution >= 4 is 36.5 Å². The number of hydrogen-bond acceptors (Lipinski definition) is 4. The first-order chi connectivity index (χ1) is 10.1. The maximum absolute atomic E-state index is 7.29. The van der Waals surface area contributed by atoms with E-state index in [2.05, 4.69) is 0 Å². The zero-order valence-corrected chi connectivity index (χ0v) is 13.7. The number of ether oxygens (including phenoxy) is 2. The smallest absolute Gasteiger partial charge is 0.230 e. The van der Waals surface area contributed by atoms with E-state index in [-0.39, 0.29) is 43.3 Å². The average molecular weight is 357 g/mol. The molecule has 0 aliphatic carbocycles. The first kappa shape index (κ1) is 20.6. The number of amidine groups is 2. The number of benzene rings is 2. The van der Waals surface area contributed by atoms with Crippen molar-refractivity contribution in [1.82, 2.24) is 0 Å². The Labute approximate surface area is 146 Å². The Bertz CT molecular complexity index is 588. The second kappa shape index (κ2) is 9.55. The molecule has 0 aromatic heterocycles. The summed E-state index contributed by atoms with van der Waals surface area (Å²) in [6.07, 6.45) is 0. The van der Waals surface area contributed by atoms with E-state index in [0.29, 0.717) is 22.6 Å². The molecule has 0 aliphatic heterocycles. The van der Waals surface area contributed by atoms with Crippen molar-refractivity contribution in [2.24, 2.45) is 11.5 Å². The summed E-state index contributed by atoms with van der Waals surface area (Å²) in [5, 5.41) is 14.6. The Balaban J connectivity index is 0.00000242. The van der Waals surface area contributed by atoms with E-state index >= 15 is 0 Å². The van der Waals surface area contributed by atoms with Gasteiger partial charge in [-0.05, 0) is 48.5 Å². The van der Waals surface area contributed by atoms with Crippen molar-refractivity contribution in [3.05, 3.63) is 59.7 Å². The fourth-order valence-electron chi connectivity index (χ4n) is 1.63. The van der Waals surface area contributed by atoms with Crippen LogP contribution in [0.1, 0.15) is 11.1 Å². The van der Waals surface area contributed by atoms with Gasteiger partial charge in [0.2, 0.25) is 6.79 Å². The second-order valence-corrected chi connectivity index (χ2v) is 4.28. The molecule has 23 heavy (non-hydrogen) atoms. The van der Waals surface area contributed by atoms with E-state index in [4.69, 9.17) is 31.8 Å². The van der Waals surface area contributed by atoms with Crippen LogP contribution in [0.2, 0.25) is 0 Å². The molecule has 0 saturated carbocycles. The summed E-state index contributed by atoms with van der Waals surface area (Å²) in [4.78, 5) is 0. The van der Waals surface area contributed by atoms with Gasteiger partial charge >= 0.3 is 0 Å². The summed E-state index contributed by atoms with van der Waals surface area (Å²) in [6, 6.07) is 13.7. The SMILES string of the molecule is Cl.Cl.N=C(N)c1ccc(OCOc2ccc(C(=N)N)cc2)cc1. The van der Waals surface area contributed by atoms with Gasteiger partial charge in [0.05, 0.1) is 0 Å². The quantitative estimate of drug-likeness (QED) is 0.361. The summed E-state index contributed by atoms with van der Waals surface area (Å²) in [6.45, 7) is 0.0544. The third kappa shape index (κ3) is 6.06. The molecule has 0 spiro atoms. The Morgan fingerprint density at radius 2 is 1.00 bits per heavy atom. The van der Waals surface area contributed by atoms with Crippen LogP contribution >= 0.6 is 24.8 Å². The van der Waals surface area contributed by atoms with Crippen LogP contribution in [0.4, 0.5) is 0 Å². The highest BCUT2D eigenvalue weighted by molar-refractivity contribution is 5.95. The Hall–Kier alpha value is -2.44. The Morgan fingerprint density at radius 1 is 0.696 bits per heavy atom. The van der Waals surface area contributed by atoms with Crippen LogP contribution in [-0.4, -0.2) is 18.5 Å². The van der Waals surface area contributed by atoms with Gasteiger partial charge in [0, 0.05) is 11.1 Å². The maximum atomic E-state index is 7.29. The molecular formula is C15H18Cl2N4O2. The zero-order valence-electron chi connectivity index (χ0n) is 12.1. The molecule has 0 radical (unpaired) electrons. The van der Waals surface area contributed by atoms with Gasteiger partial charge in [-0.15, -0.1) is 24.8 Å². The first-order valence-electron chi connectivity index (χ1n) is 6.21. The van der Waals surface area contributed by atoms with Gasteiger partial charge in [0.1, 0.15) is 23.2 Å². The van der Waals surface area contributed by atoms with Crippen molar-refractivity contribution in [3.8, 4) is 11.5 Å². The summed E-state index contributed by atoms with van der Waals surface area (Å²) in [7, 11) is 0. The lowest BCUT2D eigenvalue weighted by Gasteiger charge is -2.09. The molecule has 0 unspecified atom stereocenters. The zero-order chi connectivity index (χ0) is 15.2. The highest BCUT2D eigenvalue weighted by Gasteiger charge is 2.00. The topological polar surface area (TPSA) is 118 Å². The summed E-state index contributed by atoms with van der Waals surface area (Å²) < 4.78 is 10.8. The monoisotopic (exact) mass is 356 g/mol. The molecule has 0 heterocycles. The molecule has 0 aliphatic rings. The number of nitrogens with one attached hydrogen (secondary N) is 2. The predicted octanol–water partition coefficient (Wildman–Crippen LogP) is 2.51.